The van der Waals surface area contributed by atoms with Crippen molar-refractivity contribution in [1.82, 2.24) is 0 Å². The summed E-state index contributed by atoms with van der Waals surface area (Å²) in [6.07, 6.45) is 15.7. The molecule has 0 aromatic carbocycles. The van der Waals surface area contributed by atoms with Crippen LogP contribution in [0.1, 0.15) is 77.6 Å². The third kappa shape index (κ3) is 17.8. The summed E-state index contributed by atoms with van der Waals surface area (Å²) < 4.78 is 5.21. The van der Waals surface area contributed by atoms with Crippen LogP contribution in [0.25, 0.3) is 0 Å². The lowest BCUT2D eigenvalue weighted by Crippen LogP contribution is -2.19. The van der Waals surface area contributed by atoms with Crippen LogP contribution in [-0.4, -0.2) is 47.3 Å². The molecule has 0 bridgehead atoms. The number of aliphatic hydroxyl groups is 3. The van der Waals surface area contributed by atoms with Crippen LogP contribution in [0.2, 0.25) is 0 Å². The normalized spacial score (nSPS) is 14.4. The highest BCUT2D eigenvalue weighted by atomic mass is 16.5. The third-order valence-corrected chi connectivity index (χ3v) is 3.89. The Morgan fingerprint density at radius 3 is 2.22 bits per heavy atom. The van der Waals surface area contributed by atoms with Gasteiger partial charge in [0.05, 0.1) is 19.3 Å². The monoisotopic (exact) mass is 330 g/mol. The minimum Gasteiger partial charge on any atom is -0.394 e. The molecule has 3 N–H and O–H groups in total. The van der Waals surface area contributed by atoms with Crippen molar-refractivity contribution in [3.8, 4) is 0 Å². The Morgan fingerprint density at radius 1 is 0.913 bits per heavy atom. The van der Waals surface area contributed by atoms with Gasteiger partial charge < -0.3 is 20.1 Å². The fourth-order valence-electron chi connectivity index (χ4n) is 2.41. The van der Waals surface area contributed by atoms with Gasteiger partial charge in [0.15, 0.2) is 0 Å². The van der Waals surface area contributed by atoms with E-state index in [1.54, 1.807) is 0 Å². The topological polar surface area (TPSA) is 69.9 Å². The molecule has 0 aliphatic carbocycles. The molecule has 0 aliphatic rings. The van der Waals surface area contributed by atoms with Crippen molar-refractivity contribution in [3.05, 3.63) is 12.2 Å². The maximum absolute atomic E-state index is 9.85. The Hall–Kier alpha value is -0.420. The Labute approximate surface area is 142 Å². The number of rotatable bonds is 17. The molecule has 0 saturated heterocycles. The third-order valence-electron chi connectivity index (χ3n) is 3.89. The second kappa shape index (κ2) is 17.9. The molecule has 0 fully saturated rings. The van der Waals surface area contributed by atoms with Crippen LogP contribution in [0, 0.1) is 0 Å². The van der Waals surface area contributed by atoms with Crippen molar-refractivity contribution in [3.63, 3.8) is 0 Å². The molecule has 0 rings (SSSR count). The lowest BCUT2D eigenvalue weighted by molar-refractivity contribution is 0.00585. The molecule has 23 heavy (non-hydrogen) atoms. The number of unbranched alkanes of at least 4 members (excludes halogenated alkanes) is 8. The Bertz CT molecular complexity index is 256. The molecule has 0 saturated carbocycles. The van der Waals surface area contributed by atoms with E-state index in [1.165, 1.54) is 44.9 Å². The van der Waals surface area contributed by atoms with Gasteiger partial charge in [-0.3, -0.25) is 0 Å². The Morgan fingerprint density at radius 2 is 1.57 bits per heavy atom. The van der Waals surface area contributed by atoms with E-state index < -0.39 is 6.10 Å². The van der Waals surface area contributed by atoms with E-state index in [9.17, 15) is 5.11 Å². The van der Waals surface area contributed by atoms with Gasteiger partial charge in [0.2, 0.25) is 0 Å². The minimum absolute atomic E-state index is 0.182. The molecule has 1 unspecified atom stereocenters. The number of aliphatic hydroxyl groups excluding tert-OH is 3. The quantitative estimate of drug-likeness (QED) is 0.282. The Balaban J connectivity index is 3.30. The lowest BCUT2D eigenvalue weighted by Gasteiger charge is -2.07. The highest BCUT2D eigenvalue weighted by Crippen LogP contribution is 2.11. The van der Waals surface area contributed by atoms with E-state index in [1.807, 2.05) is 12.2 Å². The van der Waals surface area contributed by atoms with Crippen LogP contribution in [0.5, 0.6) is 0 Å². The van der Waals surface area contributed by atoms with E-state index in [-0.39, 0.29) is 19.3 Å². The molecule has 0 spiro atoms. The molecule has 138 valence electrons. The van der Waals surface area contributed by atoms with E-state index in [2.05, 4.69) is 6.92 Å². The molecular formula is C19H38O4. The fourth-order valence-corrected chi connectivity index (χ4v) is 2.41. The predicted octanol–water partition coefficient (Wildman–Crippen LogP) is 3.58. The summed E-state index contributed by atoms with van der Waals surface area (Å²) in [7, 11) is 0. The van der Waals surface area contributed by atoms with E-state index in [0.29, 0.717) is 6.61 Å². The first-order chi connectivity index (χ1) is 11.2. The summed E-state index contributed by atoms with van der Waals surface area (Å²) in [5, 5.41) is 27.6. The van der Waals surface area contributed by atoms with Gasteiger partial charge in [-0.05, 0) is 19.3 Å². The highest BCUT2D eigenvalue weighted by molar-refractivity contribution is 4.88. The van der Waals surface area contributed by atoms with Crippen LogP contribution >= 0.6 is 0 Å². The smallest absolute Gasteiger partial charge is 0.100 e. The van der Waals surface area contributed by atoms with Gasteiger partial charge in [-0.1, -0.05) is 70.4 Å². The van der Waals surface area contributed by atoms with Crippen LogP contribution in [-0.2, 0) is 4.74 Å². The van der Waals surface area contributed by atoms with Crippen molar-refractivity contribution < 1.29 is 20.1 Å². The van der Waals surface area contributed by atoms with Crippen molar-refractivity contribution in [2.24, 2.45) is 0 Å². The molecular weight excluding hydrogens is 292 g/mol. The molecule has 4 nitrogen and oxygen atoms in total. The summed E-state index contributed by atoms with van der Waals surface area (Å²) >= 11 is 0. The first-order valence-electron chi connectivity index (χ1n) is 9.42. The fraction of sp³-hybridized carbons (Fsp3) is 0.895. The molecule has 0 heterocycles. The van der Waals surface area contributed by atoms with Crippen molar-refractivity contribution in [2.45, 2.75) is 89.8 Å². The molecule has 0 aromatic heterocycles. The van der Waals surface area contributed by atoms with E-state index in [0.717, 1.165) is 25.7 Å². The van der Waals surface area contributed by atoms with E-state index >= 15 is 0 Å². The predicted molar refractivity (Wildman–Crippen MR) is 95.5 cm³/mol. The number of hydrogen-bond donors (Lipinski definition) is 3. The average molecular weight is 331 g/mol. The van der Waals surface area contributed by atoms with Crippen LogP contribution in [0.3, 0.4) is 0 Å². The van der Waals surface area contributed by atoms with E-state index in [4.69, 9.17) is 14.9 Å². The van der Waals surface area contributed by atoms with Gasteiger partial charge in [-0.25, -0.2) is 0 Å². The van der Waals surface area contributed by atoms with Gasteiger partial charge in [-0.15, -0.1) is 0 Å². The van der Waals surface area contributed by atoms with Crippen molar-refractivity contribution >= 4 is 0 Å². The van der Waals surface area contributed by atoms with Crippen LogP contribution in [0.4, 0.5) is 0 Å². The average Bonchev–Trinajstić information content (AvgIpc) is 2.56. The van der Waals surface area contributed by atoms with Crippen LogP contribution < -0.4 is 0 Å². The summed E-state index contributed by atoms with van der Waals surface area (Å²) in [6, 6.07) is 0. The highest BCUT2D eigenvalue weighted by Gasteiger charge is 2.01. The van der Waals surface area contributed by atoms with Gasteiger partial charge in [0.25, 0.3) is 0 Å². The van der Waals surface area contributed by atoms with Gasteiger partial charge in [0, 0.05) is 6.61 Å². The second-order valence-electron chi connectivity index (χ2n) is 6.31. The molecule has 0 aliphatic heterocycles. The number of allylic oxidation sites excluding steroid dienone is 1. The summed E-state index contributed by atoms with van der Waals surface area (Å²) in [5.74, 6) is 0. The van der Waals surface area contributed by atoms with Crippen molar-refractivity contribution in [2.75, 3.05) is 19.8 Å². The Kier molecular flexibility index (Phi) is 17.6. The summed E-state index contributed by atoms with van der Waals surface area (Å²) in [4.78, 5) is 0. The SMILES string of the molecule is CCCCCCCCCCC(O)/C=C/CCCOC[C@@H](O)CO. The molecule has 4 heteroatoms. The van der Waals surface area contributed by atoms with Crippen LogP contribution in [0.15, 0.2) is 12.2 Å². The summed E-state index contributed by atoms with van der Waals surface area (Å²) in [6.45, 7) is 2.73. The van der Waals surface area contributed by atoms with Gasteiger partial charge in [0.1, 0.15) is 6.10 Å². The minimum atomic E-state index is -0.779. The first-order valence-corrected chi connectivity index (χ1v) is 9.42. The first kappa shape index (κ1) is 22.6. The van der Waals surface area contributed by atoms with Crippen molar-refractivity contribution in [1.29, 1.82) is 0 Å². The standard InChI is InChI=1S/C19H38O4/c1-2-3-4-5-6-7-8-10-13-18(21)14-11-9-12-15-23-17-19(22)16-20/h11,14,18-22H,2-10,12-13,15-17H2,1H3/b14-11+/t18?,19-/m0/s1. The number of ether oxygens (including phenoxy) is 1. The zero-order valence-electron chi connectivity index (χ0n) is 15.0. The summed E-state index contributed by atoms with van der Waals surface area (Å²) in [5.41, 5.74) is 0. The molecule has 2 atom stereocenters. The molecule has 0 aromatic rings. The number of hydrogen-bond acceptors (Lipinski definition) is 4. The maximum atomic E-state index is 9.85. The lowest BCUT2D eigenvalue weighted by atomic mass is 10.1. The largest absolute Gasteiger partial charge is 0.394 e. The van der Waals surface area contributed by atoms with Gasteiger partial charge in [-0.2, -0.15) is 0 Å². The zero-order chi connectivity index (χ0) is 17.2. The molecule has 0 amide bonds. The second-order valence-corrected chi connectivity index (χ2v) is 6.31. The zero-order valence-corrected chi connectivity index (χ0v) is 15.0. The maximum Gasteiger partial charge on any atom is 0.100 e. The van der Waals surface area contributed by atoms with Gasteiger partial charge >= 0.3 is 0 Å². The molecule has 0 radical (unpaired) electrons.